The number of rotatable bonds is 0. The molecule has 5 rings (SSSR count). The Kier molecular flexibility index (Phi) is 2.82. The summed E-state index contributed by atoms with van der Waals surface area (Å²) in [6.45, 7) is 6.86. The Morgan fingerprint density at radius 3 is 1.28 bits per heavy atom. The number of hydrogen-bond donors (Lipinski definition) is 0. The average molecular weight is 323 g/mol. The maximum atomic E-state index is 2.50. The number of nitrogens with zero attached hydrogens (tertiary/aromatic N) is 1. The van der Waals surface area contributed by atoms with Crippen LogP contribution in [-0.4, -0.2) is 4.57 Å². The SMILES string of the molecule is CC(C)(C)n1c2cc3ccccc3cc2c2cc3ccccc3cc21. The lowest BCUT2D eigenvalue weighted by molar-refractivity contribution is 0.423. The van der Waals surface area contributed by atoms with Crippen LogP contribution in [0.3, 0.4) is 0 Å². The molecule has 1 aromatic heterocycles. The highest BCUT2D eigenvalue weighted by Gasteiger charge is 2.21. The first-order valence-corrected chi connectivity index (χ1v) is 8.88. The molecule has 122 valence electrons. The summed E-state index contributed by atoms with van der Waals surface area (Å²) in [7, 11) is 0. The predicted octanol–water partition coefficient (Wildman–Crippen LogP) is 6.86. The summed E-state index contributed by atoms with van der Waals surface area (Å²) in [6.07, 6.45) is 0. The highest BCUT2D eigenvalue weighted by molar-refractivity contribution is 6.16. The lowest BCUT2D eigenvalue weighted by Crippen LogP contribution is -2.21. The zero-order valence-corrected chi connectivity index (χ0v) is 14.9. The van der Waals surface area contributed by atoms with Crippen LogP contribution in [0.5, 0.6) is 0 Å². The minimum atomic E-state index is 0.0188. The summed E-state index contributed by atoms with van der Waals surface area (Å²) in [6, 6.07) is 26.7. The first kappa shape index (κ1) is 14.5. The smallest absolute Gasteiger partial charge is 0.0502 e. The number of fused-ring (bicyclic) bond motifs is 5. The van der Waals surface area contributed by atoms with Crippen molar-refractivity contribution >= 4 is 43.4 Å². The number of benzene rings is 4. The van der Waals surface area contributed by atoms with Crippen LogP contribution in [0.15, 0.2) is 72.8 Å². The van der Waals surface area contributed by atoms with E-state index in [9.17, 15) is 0 Å². The Balaban J connectivity index is 2.07. The fraction of sp³-hybridized carbons (Fsp3) is 0.167. The molecule has 0 N–H and O–H groups in total. The number of aromatic nitrogens is 1. The standard InChI is InChI=1S/C24H21N/c1-24(2,3)25-22-14-18-10-6-4-8-16(18)12-20(22)21-13-17-9-5-7-11-19(17)15-23(21)25/h4-15H,1-3H3. The van der Waals surface area contributed by atoms with Crippen LogP contribution in [0.25, 0.3) is 43.4 Å². The Bertz CT molecular complexity index is 1170. The molecule has 0 saturated heterocycles. The summed E-state index contributed by atoms with van der Waals surface area (Å²) < 4.78 is 2.50. The first-order valence-electron chi connectivity index (χ1n) is 8.88. The molecule has 1 heteroatoms. The molecule has 0 aliphatic rings. The van der Waals surface area contributed by atoms with E-state index in [1.807, 2.05) is 0 Å². The van der Waals surface area contributed by atoms with E-state index in [2.05, 4.69) is 98.1 Å². The first-order chi connectivity index (χ1) is 12.0. The lowest BCUT2D eigenvalue weighted by Gasteiger charge is -2.24. The maximum absolute atomic E-state index is 2.50. The second-order valence-corrected chi connectivity index (χ2v) is 7.94. The van der Waals surface area contributed by atoms with Gasteiger partial charge in [0.1, 0.15) is 0 Å². The fourth-order valence-corrected chi connectivity index (χ4v) is 4.11. The van der Waals surface area contributed by atoms with E-state index in [4.69, 9.17) is 0 Å². The average Bonchev–Trinajstić information content (AvgIpc) is 2.90. The van der Waals surface area contributed by atoms with Crippen LogP contribution in [0, 0.1) is 0 Å². The minimum absolute atomic E-state index is 0.0188. The van der Waals surface area contributed by atoms with Crippen LogP contribution in [0.1, 0.15) is 20.8 Å². The van der Waals surface area contributed by atoms with Crippen LogP contribution in [-0.2, 0) is 5.54 Å². The fourth-order valence-electron chi connectivity index (χ4n) is 4.11. The molecule has 0 atom stereocenters. The summed E-state index contributed by atoms with van der Waals surface area (Å²) in [4.78, 5) is 0. The van der Waals surface area contributed by atoms with Gasteiger partial charge in [0, 0.05) is 16.3 Å². The molecule has 0 unspecified atom stereocenters. The van der Waals surface area contributed by atoms with Gasteiger partial charge in [0.25, 0.3) is 0 Å². The van der Waals surface area contributed by atoms with Crippen molar-refractivity contribution in [1.29, 1.82) is 0 Å². The molecule has 0 fully saturated rings. The predicted molar refractivity (Wildman–Crippen MR) is 109 cm³/mol. The molecule has 0 saturated carbocycles. The molecule has 0 aliphatic heterocycles. The summed E-state index contributed by atoms with van der Waals surface area (Å²) in [5, 5.41) is 7.89. The molecule has 0 aliphatic carbocycles. The van der Waals surface area contributed by atoms with E-state index in [-0.39, 0.29) is 5.54 Å². The Labute approximate surface area is 147 Å². The van der Waals surface area contributed by atoms with Crippen molar-refractivity contribution < 1.29 is 0 Å². The summed E-state index contributed by atoms with van der Waals surface area (Å²) in [5.41, 5.74) is 2.65. The lowest BCUT2D eigenvalue weighted by atomic mass is 10.0. The maximum Gasteiger partial charge on any atom is 0.0502 e. The topological polar surface area (TPSA) is 4.93 Å². The van der Waals surface area contributed by atoms with Gasteiger partial charge in [-0.25, -0.2) is 0 Å². The van der Waals surface area contributed by atoms with Gasteiger partial charge in [0.05, 0.1) is 11.0 Å². The highest BCUT2D eigenvalue weighted by Crippen LogP contribution is 2.38. The van der Waals surface area contributed by atoms with E-state index in [1.54, 1.807) is 0 Å². The summed E-state index contributed by atoms with van der Waals surface area (Å²) >= 11 is 0. The van der Waals surface area contributed by atoms with E-state index in [0.717, 1.165) is 0 Å². The van der Waals surface area contributed by atoms with Crippen LogP contribution < -0.4 is 0 Å². The molecule has 1 heterocycles. The second kappa shape index (κ2) is 4.86. The van der Waals surface area contributed by atoms with Crippen LogP contribution >= 0.6 is 0 Å². The molecular weight excluding hydrogens is 302 g/mol. The zero-order chi connectivity index (χ0) is 17.2. The van der Waals surface area contributed by atoms with Crippen LogP contribution in [0.2, 0.25) is 0 Å². The van der Waals surface area contributed by atoms with Crippen LogP contribution in [0.4, 0.5) is 0 Å². The molecule has 25 heavy (non-hydrogen) atoms. The Hall–Kier alpha value is -2.80. The van der Waals surface area contributed by atoms with E-state index >= 15 is 0 Å². The molecule has 0 bridgehead atoms. The third-order valence-electron chi connectivity index (χ3n) is 5.17. The third-order valence-corrected chi connectivity index (χ3v) is 5.17. The highest BCUT2D eigenvalue weighted by atomic mass is 15.0. The van der Waals surface area contributed by atoms with Gasteiger partial charge in [-0.2, -0.15) is 0 Å². The zero-order valence-electron chi connectivity index (χ0n) is 14.9. The van der Waals surface area contributed by atoms with Crippen molar-refractivity contribution in [3.05, 3.63) is 72.8 Å². The van der Waals surface area contributed by atoms with Gasteiger partial charge in [-0.05, 0) is 66.6 Å². The molecule has 0 radical (unpaired) electrons. The van der Waals surface area contributed by atoms with Crippen molar-refractivity contribution in [1.82, 2.24) is 4.57 Å². The van der Waals surface area contributed by atoms with Gasteiger partial charge in [0.2, 0.25) is 0 Å². The second-order valence-electron chi connectivity index (χ2n) is 7.94. The van der Waals surface area contributed by atoms with Crippen molar-refractivity contribution in [3.63, 3.8) is 0 Å². The van der Waals surface area contributed by atoms with Gasteiger partial charge in [-0.3, -0.25) is 0 Å². The third kappa shape index (κ3) is 2.09. The van der Waals surface area contributed by atoms with E-state index < -0.39 is 0 Å². The normalized spacial score (nSPS) is 12.6. The van der Waals surface area contributed by atoms with E-state index in [1.165, 1.54) is 43.4 Å². The number of hydrogen-bond acceptors (Lipinski definition) is 0. The van der Waals surface area contributed by atoms with Gasteiger partial charge >= 0.3 is 0 Å². The van der Waals surface area contributed by atoms with Gasteiger partial charge in [-0.1, -0.05) is 48.5 Å². The van der Waals surface area contributed by atoms with Crippen molar-refractivity contribution in [3.8, 4) is 0 Å². The quantitative estimate of drug-likeness (QED) is 0.293. The Morgan fingerprint density at radius 2 is 0.920 bits per heavy atom. The molecule has 0 spiro atoms. The van der Waals surface area contributed by atoms with Crippen molar-refractivity contribution in [2.75, 3.05) is 0 Å². The molecule has 0 amide bonds. The van der Waals surface area contributed by atoms with Crippen molar-refractivity contribution in [2.24, 2.45) is 0 Å². The molecule has 5 aromatic rings. The van der Waals surface area contributed by atoms with Crippen molar-refractivity contribution in [2.45, 2.75) is 26.3 Å². The van der Waals surface area contributed by atoms with Gasteiger partial charge in [-0.15, -0.1) is 0 Å². The minimum Gasteiger partial charge on any atom is -0.335 e. The monoisotopic (exact) mass is 323 g/mol. The largest absolute Gasteiger partial charge is 0.335 e. The van der Waals surface area contributed by atoms with Gasteiger partial charge < -0.3 is 4.57 Å². The summed E-state index contributed by atoms with van der Waals surface area (Å²) in [5.74, 6) is 0. The Morgan fingerprint density at radius 1 is 0.560 bits per heavy atom. The van der Waals surface area contributed by atoms with E-state index in [0.29, 0.717) is 0 Å². The molecule has 4 aromatic carbocycles. The molecular formula is C24H21N. The van der Waals surface area contributed by atoms with Gasteiger partial charge in [0.15, 0.2) is 0 Å². The molecule has 1 nitrogen and oxygen atoms in total.